The van der Waals surface area contributed by atoms with Crippen LogP contribution in [0.1, 0.15) is 28.2 Å². The van der Waals surface area contributed by atoms with Gasteiger partial charge in [-0.2, -0.15) is 0 Å². The average molecular weight is 446 g/mol. The van der Waals surface area contributed by atoms with E-state index in [0.717, 1.165) is 39.5 Å². The molecular weight excluding hydrogens is 422 g/mol. The lowest BCUT2D eigenvalue weighted by atomic mass is 9.81. The number of methoxy groups -OCH3 is 1. The van der Waals surface area contributed by atoms with Crippen molar-refractivity contribution in [1.82, 2.24) is 9.97 Å². The highest BCUT2D eigenvalue weighted by Crippen LogP contribution is 2.51. The molecule has 0 aliphatic carbocycles. The van der Waals surface area contributed by atoms with E-state index in [1.807, 2.05) is 30.3 Å². The molecule has 166 valence electrons. The number of anilines is 2. The van der Waals surface area contributed by atoms with E-state index in [9.17, 15) is 0 Å². The van der Waals surface area contributed by atoms with Crippen LogP contribution in [0.4, 0.5) is 11.5 Å². The van der Waals surface area contributed by atoms with Crippen molar-refractivity contribution in [3.8, 4) is 17.4 Å². The highest BCUT2D eigenvalue weighted by atomic mass is 16.5. The minimum Gasteiger partial charge on any atom is -0.497 e. The molecule has 4 aromatic carbocycles. The molecule has 6 rings (SSSR count). The third kappa shape index (κ3) is 3.42. The number of rotatable bonds is 4. The van der Waals surface area contributed by atoms with Gasteiger partial charge in [-0.05, 0) is 53.6 Å². The first-order valence-electron chi connectivity index (χ1n) is 11.2. The van der Waals surface area contributed by atoms with Crippen molar-refractivity contribution < 1.29 is 9.47 Å². The second kappa shape index (κ2) is 8.19. The number of aromatic nitrogens is 2. The fourth-order valence-corrected chi connectivity index (χ4v) is 4.73. The molecule has 34 heavy (non-hydrogen) atoms. The first-order valence-corrected chi connectivity index (χ1v) is 11.2. The van der Waals surface area contributed by atoms with Gasteiger partial charge in [-0.25, -0.2) is 9.97 Å². The summed E-state index contributed by atoms with van der Waals surface area (Å²) in [6.07, 6.45) is 1.55. The Morgan fingerprint density at radius 3 is 2.53 bits per heavy atom. The van der Waals surface area contributed by atoms with Crippen molar-refractivity contribution >= 4 is 22.3 Å². The van der Waals surface area contributed by atoms with E-state index in [1.54, 1.807) is 13.4 Å². The van der Waals surface area contributed by atoms with Crippen LogP contribution in [0.5, 0.6) is 17.4 Å². The quantitative estimate of drug-likeness (QED) is 0.317. The van der Waals surface area contributed by atoms with Crippen LogP contribution in [-0.4, -0.2) is 17.1 Å². The molecule has 0 amide bonds. The van der Waals surface area contributed by atoms with Crippen LogP contribution in [0.25, 0.3) is 10.8 Å². The molecule has 1 N–H and O–H groups in total. The standard InChI is InChI=1S/C29H23N3O2/c1-18-6-5-8-20(16-18)25-26-23-9-4-3-7-19(23)10-15-24(26)34-29-27(25)28(30-17-31-29)32-21-11-13-22(33-2)14-12-21/h3-17,25H,1-2H3,(H,30,31,32). The predicted molar refractivity (Wildman–Crippen MR) is 134 cm³/mol. The number of nitrogens with one attached hydrogen (secondary N) is 1. The fraction of sp³-hybridized carbons (Fsp3) is 0.103. The van der Waals surface area contributed by atoms with E-state index in [0.29, 0.717) is 5.88 Å². The monoisotopic (exact) mass is 445 g/mol. The lowest BCUT2D eigenvalue weighted by Crippen LogP contribution is -2.16. The number of fused-ring (bicyclic) bond motifs is 4. The number of benzene rings is 4. The van der Waals surface area contributed by atoms with Crippen LogP contribution < -0.4 is 14.8 Å². The number of nitrogens with zero attached hydrogens (tertiary/aromatic N) is 2. The summed E-state index contributed by atoms with van der Waals surface area (Å²) in [4.78, 5) is 9.18. The van der Waals surface area contributed by atoms with Gasteiger partial charge in [-0.1, -0.05) is 60.2 Å². The Morgan fingerprint density at radius 1 is 0.853 bits per heavy atom. The Morgan fingerprint density at radius 2 is 1.71 bits per heavy atom. The Labute approximate surface area is 198 Å². The first kappa shape index (κ1) is 20.2. The smallest absolute Gasteiger partial charge is 0.228 e. The summed E-state index contributed by atoms with van der Waals surface area (Å²) in [5, 5.41) is 5.83. The normalized spacial score (nSPS) is 14.1. The first-order chi connectivity index (χ1) is 16.7. The van der Waals surface area contributed by atoms with E-state index < -0.39 is 0 Å². The molecule has 0 saturated carbocycles. The average Bonchev–Trinajstić information content (AvgIpc) is 2.88. The molecule has 5 nitrogen and oxygen atoms in total. The molecule has 5 heteroatoms. The van der Waals surface area contributed by atoms with Crippen molar-refractivity contribution in [2.24, 2.45) is 0 Å². The molecular formula is C29H23N3O2. The lowest BCUT2D eigenvalue weighted by Gasteiger charge is -2.30. The maximum Gasteiger partial charge on any atom is 0.228 e. The van der Waals surface area contributed by atoms with E-state index >= 15 is 0 Å². The molecule has 0 spiro atoms. The lowest BCUT2D eigenvalue weighted by molar-refractivity contribution is 0.415. The van der Waals surface area contributed by atoms with Crippen LogP contribution in [0.3, 0.4) is 0 Å². The van der Waals surface area contributed by atoms with Crippen molar-refractivity contribution in [1.29, 1.82) is 0 Å². The van der Waals surface area contributed by atoms with Crippen molar-refractivity contribution in [2.45, 2.75) is 12.8 Å². The van der Waals surface area contributed by atoms with Gasteiger partial charge in [0, 0.05) is 17.2 Å². The number of ether oxygens (including phenoxy) is 2. The van der Waals surface area contributed by atoms with Crippen LogP contribution in [0.2, 0.25) is 0 Å². The molecule has 1 atom stereocenters. The number of hydrogen-bond donors (Lipinski definition) is 1. The maximum atomic E-state index is 6.37. The van der Waals surface area contributed by atoms with E-state index in [-0.39, 0.29) is 5.92 Å². The number of aryl methyl sites for hydroxylation is 1. The molecule has 0 saturated heterocycles. The Balaban J connectivity index is 1.58. The Bertz CT molecular complexity index is 1510. The molecule has 1 unspecified atom stereocenters. The topological polar surface area (TPSA) is 56.3 Å². The zero-order valence-electron chi connectivity index (χ0n) is 18.9. The molecule has 0 bridgehead atoms. The third-order valence-corrected chi connectivity index (χ3v) is 6.29. The van der Waals surface area contributed by atoms with Gasteiger partial charge in [-0.15, -0.1) is 0 Å². The second-order valence-corrected chi connectivity index (χ2v) is 8.44. The maximum absolute atomic E-state index is 6.37. The molecule has 1 aliphatic rings. The third-order valence-electron chi connectivity index (χ3n) is 6.29. The Kier molecular flexibility index (Phi) is 4.88. The van der Waals surface area contributed by atoms with Gasteiger partial charge in [-0.3, -0.25) is 0 Å². The zero-order valence-corrected chi connectivity index (χ0v) is 18.9. The van der Waals surface area contributed by atoms with Gasteiger partial charge in [0.15, 0.2) is 0 Å². The van der Waals surface area contributed by atoms with E-state index in [1.165, 1.54) is 16.5 Å². The largest absolute Gasteiger partial charge is 0.497 e. The van der Waals surface area contributed by atoms with Crippen LogP contribution in [-0.2, 0) is 0 Å². The highest BCUT2D eigenvalue weighted by molar-refractivity contribution is 5.90. The number of hydrogen-bond acceptors (Lipinski definition) is 5. The summed E-state index contributed by atoms with van der Waals surface area (Å²) in [5.41, 5.74) is 5.34. The second-order valence-electron chi connectivity index (χ2n) is 8.44. The zero-order chi connectivity index (χ0) is 23.1. The van der Waals surface area contributed by atoms with Crippen molar-refractivity contribution in [3.63, 3.8) is 0 Å². The van der Waals surface area contributed by atoms with E-state index in [4.69, 9.17) is 9.47 Å². The van der Waals surface area contributed by atoms with Crippen LogP contribution in [0.15, 0.2) is 91.3 Å². The summed E-state index contributed by atoms with van der Waals surface area (Å²) in [7, 11) is 1.66. The summed E-state index contributed by atoms with van der Waals surface area (Å²) in [6, 6.07) is 29.0. The molecule has 2 heterocycles. The van der Waals surface area contributed by atoms with E-state index in [2.05, 4.69) is 76.8 Å². The molecule has 0 fully saturated rings. The summed E-state index contributed by atoms with van der Waals surface area (Å²) in [6.45, 7) is 2.12. The molecule has 1 aromatic heterocycles. The summed E-state index contributed by atoms with van der Waals surface area (Å²) in [5.74, 6) is 2.83. The van der Waals surface area contributed by atoms with Gasteiger partial charge in [0.05, 0.1) is 12.7 Å². The van der Waals surface area contributed by atoms with Crippen LogP contribution in [0, 0.1) is 6.92 Å². The van der Waals surface area contributed by atoms with Gasteiger partial charge in [0.25, 0.3) is 0 Å². The molecule has 0 radical (unpaired) electrons. The Hall–Kier alpha value is -4.38. The SMILES string of the molecule is COc1ccc(Nc2ncnc3c2C(c2cccc(C)c2)c2c(ccc4ccccc24)O3)cc1. The molecule has 1 aliphatic heterocycles. The fourth-order valence-electron chi connectivity index (χ4n) is 4.73. The van der Waals surface area contributed by atoms with Gasteiger partial charge in [0.2, 0.25) is 5.88 Å². The highest BCUT2D eigenvalue weighted by Gasteiger charge is 2.34. The van der Waals surface area contributed by atoms with Gasteiger partial charge in [0.1, 0.15) is 23.6 Å². The summed E-state index contributed by atoms with van der Waals surface area (Å²) < 4.78 is 11.7. The van der Waals surface area contributed by atoms with Gasteiger partial charge >= 0.3 is 0 Å². The van der Waals surface area contributed by atoms with Crippen molar-refractivity contribution in [2.75, 3.05) is 12.4 Å². The van der Waals surface area contributed by atoms with Gasteiger partial charge < -0.3 is 14.8 Å². The van der Waals surface area contributed by atoms with Crippen molar-refractivity contribution in [3.05, 3.63) is 114 Å². The summed E-state index contributed by atoms with van der Waals surface area (Å²) >= 11 is 0. The predicted octanol–water partition coefficient (Wildman–Crippen LogP) is 6.98. The van der Waals surface area contributed by atoms with Crippen LogP contribution >= 0.6 is 0 Å². The minimum absolute atomic E-state index is 0.0910. The minimum atomic E-state index is -0.0910. The molecule has 5 aromatic rings.